The van der Waals surface area contributed by atoms with Gasteiger partial charge in [0.2, 0.25) is 6.79 Å². The highest BCUT2D eigenvalue weighted by atomic mass is 19.1. The second-order valence-corrected chi connectivity index (χ2v) is 5.33. The summed E-state index contributed by atoms with van der Waals surface area (Å²) < 4.78 is 24.2. The van der Waals surface area contributed by atoms with Gasteiger partial charge in [0.1, 0.15) is 11.6 Å². The van der Waals surface area contributed by atoms with Gasteiger partial charge in [-0.15, -0.1) is 0 Å². The summed E-state index contributed by atoms with van der Waals surface area (Å²) >= 11 is 0. The minimum atomic E-state index is -0.402. The topological polar surface area (TPSA) is 35.5 Å². The Hall–Kier alpha value is -2.36. The van der Waals surface area contributed by atoms with E-state index >= 15 is 0 Å². The van der Waals surface area contributed by atoms with Crippen molar-refractivity contribution in [3.05, 3.63) is 47.8 Å². The molecule has 0 unspecified atom stereocenters. The summed E-state index contributed by atoms with van der Waals surface area (Å²) in [5.41, 5.74) is 1.46. The molecule has 0 heterocycles. The molecule has 0 aliphatic carbocycles. The molecule has 0 aliphatic heterocycles. The first kappa shape index (κ1) is 16.0. The number of hydrogen-bond acceptors (Lipinski definition) is 3. The minimum Gasteiger partial charge on any atom is -0.457 e. The van der Waals surface area contributed by atoms with Gasteiger partial charge in [0.15, 0.2) is 0 Å². The Balaban J connectivity index is 2.53. The van der Waals surface area contributed by atoms with Gasteiger partial charge in [-0.1, -0.05) is 32.6 Å². The van der Waals surface area contributed by atoms with E-state index in [0.29, 0.717) is 11.3 Å². The van der Waals surface area contributed by atoms with Crippen molar-refractivity contribution in [2.45, 2.75) is 26.7 Å². The third-order valence-electron chi connectivity index (χ3n) is 3.42. The van der Waals surface area contributed by atoms with E-state index in [-0.39, 0.29) is 18.5 Å². The van der Waals surface area contributed by atoms with E-state index in [1.165, 1.54) is 19.1 Å². The summed E-state index contributed by atoms with van der Waals surface area (Å²) in [6, 6.07) is 6.78. The first-order valence-corrected chi connectivity index (χ1v) is 7.08. The molecule has 0 aliphatic rings. The Morgan fingerprint density at radius 2 is 2.09 bits per heavy atom. The van der Waals surface area contributed by atoms with Gasteiger partial charge in [-0.2, -0.15) is 0 Å². The average Bonchev–Trinajstić information content (AvgIpc) is 2.46. The zero-order valence-corrected chi connectivity index (χ0v) is 13.0. The Morgan fingerprint density at radius 3 is 2.68 bits per heavy atom. The molecule has 0 fully saturated rings. The lowest BCUT2D eigenvalue weighted by Crippen LogP contribution is -2.07. The molecule has 2 aromatic rings. The lowest BCUT2D eigenvalue weighted by molar-refractivity contribution is -0.147. The highest BCUT2D eigenvalue weighted by molar-refractivity contribution is 5.94. The molecule has 0 radical (unpaired) electrons. The molecule has 2 rings (SSSR count). The van der Waals surface area contributed by atoms with Crippen molar-refractivity contribution in [2.24, 2.45) is 0 Å². The van der Waals surface area contributed by atoms with E-state index in [9.17, 15) is 9.18 Å². The molecule has 0 atom stereocenters. The molecule has 0 N–H and O–H groups in total. The van der Waals surface area contributed by atoms with Crippen LogP contribution in [0.1, 0.15) is 37.8 Å². The molecule has 0 spiro atoms. The van der Waals surface area contributed by atoms with Crippen molar-refractivity contribution in [3.8, 4) is 5.75 Å². The van der Waals surface area contributed by atoms with Crippen LogP contribution in [0, 0.1) is 5.82 Å². The Labute approximate surface area is 129 Å². The van der Waals surface area contributed by atoms with Gasteiger partial charge in [0, 0.05) is 12.5 Å². The summed E-state index contributed by atoms with van der Waals surface area (Å²) in [5.74, 6) is 0.0678. The monoisotopic (exact) mass is 302 g/mol. The maximum atomic E-state index is 14.0. The predicted octanol–water partition coefficient (Wildman–Crippen LogP) is 4.64. The number of esters is 1. The summed E-state index contributed by atoms with van der Waals surface area (Å²) in [7, 11) is 0. The lowest BCUT2D eigenvalue weighted by atomic mass is 9.92. The number of halogens is 1. The third kappa shape index (κ3) is 3.27. The Morgan fingerprint density at radius 1 is 1.36 bits per heavy atom. The van der Waals surface area contributed by atoms with Crippen molar-refractivity contribution >= 4 is 22.8 Å². The quantitative estimate of drug-likeness (QED) is 0.596. The number of carbonyl (C=O) groups excluding carboxylic acids is 1. The zero-order chi connectivity index (χ0) is 16.3. The standard InChI is InChI=1S/C18H19FO3/c1-5-15-17(19)7-6-13-8-14(22-10-21-12(4)20)9-16(11(2)3)18(13)15/h5-9,11H,1,10H2,2-4H3. The molecule has 0 aromatic heterocycles. The van der Waals surface area contributed by atoms with Gasteiger partial charge >= 0.3 is 5.97 Å². The van der Waals surface area contributed by atoms with Gasteiger partial charge in [-0.3, -0.25) is 4.79 Å². The van der Waals surface area contributed by atoms with Crippen LogP contribution in [0.15, 0.2) is 30.8 Å². The van der Waals surface area contributed by atoms with Crippen LogP contribution in [0.3, 0.4) is 0 Å². The molecule has 2 aromatic carbocycles. The van der Waals surface area contributed by atoms with Crippen molar-refractivity contribution in [1.29, 1.82) is 0 Å². The van der Waals surface area contributed by atoms with Crippen LogP contribution in [0.5, 0.6) is 5.75 Å². The van der Waals surface area contributed by atoms with Crippen molar-refractivity contribution < 1.29 is 18.7 Å². The molecule has 0 saturated carbocycles. The second kappa shape index (κ2) is 6.60. The number of ether oxygens (including phenoxy) is 2. The lowest BCUT2D eigenvalue weighted by Gasteiger charge is -2.16. The average molecular weight is 302 g/mol. The zero-order valence-electron chi connectivity index (χ0n) is 13.0. The number of carbonyl (C=O) groups is 1. The van der Waals surface area contributed by atoms with Crippen LogP contribution in [0.4, 0.5) is 4.39 Å². The van der Waals surface area contributed by atoms with Gasteiger partial charge < -0.3 is 9.47 Å². The maximum Gasteiger partial charge on any atom is 0.305 e. The number of benzene rings is 2. The first-order valence-electron chi connectivity index (χ1n) is 7.08. The maximum absolute atomic E-state index is 14.0. The van der Waals surface area contributed by atoms with Crippen LogP contribution < -0.4 is 4.74 Å². The van der Waals surface area contributed by atoms with E-state index in [0.717, 1.165) is 16.3 Å². The van der Waals surface area contributed by atoms with E-state index < -0.39 is 5.97 Å². The van der Waals surface area contributed by atoms with Gasteiger partial charge in [0.25, 0.3) is 0 Å². The summed E-state index contributed by atoms with van der Waals surface area (Å²) in [4.78, 5) is 10.8. The Kier molecular flexibility index (Phi) is 4.81. The summed E-state index contributed by atoms with van der Waals surface area (Å²) in [6.45, 7) is 8.94. The van der Waals surface area contributed by atoms with Crippen LogP contribution in [-0.2, 0) is 9.53 Å². The molecule has 0 saturated heterocycles. The second-order valence-electron chi connectivity index (χ2n) is 5.33. The van der Waals surface area contributed by atoms with E-state index in [1.54, 1.807) is 12.1 Å². The van der Waals surface area contributed by atoms with Crippen molar-refractivity contribution in [3.63, 3.8) is 0 Å². The van der Waals surface area contributed by atoms with Gasteiger partial charge in [0.05, 0.1) is 0 Å². The predicted molar refractivity (Wildman–Crippen MR) is 85.3 cm³/mol. The molecule has 0 bridgehead atoms. The van der Waals surface area contributed by atoms with Crippen molar-refractivity contribution in [2.75, 3.05) is 6.79 Å². The summed E-state index contributed by atoms with van der Waals surface area (Å²) in [6.07, 6.45) is 1.53. The molecule has 22 heavy (non-hydrogen) atoms. The molecular formula is C18H19FO3. The highest BCUT2D eigenvalue weighted by Crippen LogP contribution is 2.34. The highest BCUT2D eigenvalue weighted by Gasteiger charge is 2.14. The SMILES string of the molecule is C=Cc1c(F)ccc2cc(OCOC(C)=O)cc(C(C)C)c12. The number of fused-ring (bicyclic) bond motifs is 1. The van der Waals surface area contributed by atoms with Crippen LogP contribution in [-0.4, -0.2) is 12.8 Å². The summed E-state index contributed by atoms with van der Waals surface area (Å²) in [5, 5.41) is 1.70. The van der Waals surface area contributed by atoms with Gasteiger partial charge in [-0.25, -0.2) is 4.39 Å². The fraction of sp³-hybridized carbons (Fsp3) is 0.278. The fourth-order valence-corrected chi connectivity index (χ4v) is 2.39. The van der Waals surface area contributed by atoms with Crippen LogP contribution in [0.25, 0.3) is 16.8 Å². The normalized spacial score (nSPS) is 10.8. The molecular weight excluding hydrogens is 283 g/mol. The van der Waals surface area contributed by atoms with Crippen LogP contribution >= 0.6 is 0 Å². The van der Waals surface area contributed by atoms with Crippen LogP contribution in [0.2, 0.25) is 0 Å². The molecule has 116 valence electrons. The van der Waals surface area contributed by atoms with E-state index in [4.69, 9.17) is 9.47 Å². The molecule has 4 heteroatoms. The Bertz CT molecular complexity index is 720. The third-order valence-corrected chi connectivity index (χ3v) is 3.42. The number of hydrogen-bond donors (Lipinski definition) is 0. The molecule has 3 nitrogen and oxygen atoms in total. The van der Waals surface area contributed by atoms with Crippen molar-refractivity contribution in [1.82, 2.24) is 0 Å². The van der Waals surface area contributed by atoms with Gasteiger partial charge in [-0.05, 0) is 40.5 Å². The molecule has 0 amide bonds. The minimum absolute atomic E-state index is 0.145. The van der Waals surface area contributed by atoms with E-state index in [1.807, 2.05) is 19.9 Å². The smallest absolute Gasteiger partial charge is 0.305 e. The fourth-order valence-electron chi connectivity index (χ4n) is 2.39. The van der Waals surface area contributed by atoms with E-state index in [2.05, 4.69) is 6.58 Å². The largest absolute Gasteiger partial charge is 0.457 e. The first-order chi connectivity index (χ1) is 10.4. The number of rotatable bonds is 5.